The SMILES string of the molecule is CCC(C)N1C(=O)CC(Nc2cc(F)ccc2C)C1=O. The first-order valence-electron chi connectivity index (χ1n) is 6.82. The average molecular weight is 278 g/mol. The number of nitrogens with one attached hydrogen (secondary N) is 1. The molecule has 4 nitrogen and oxygen atoms in total. The van der Waals surface area contributed by atoms with E-state index in [0.29, 0.717) is 5.69 Å². The molecule has 0 saturated carbocycles. The van der Waals surface area contributed by atoms with Crippen molar-refractivity contribution < 1.29 is 14.0 Å². The van der Waals surface area contributed by atoms with Crippen molar-refractivity contribution in [2.24, 2.45) is 0 Å². The third-order valence-electron chi connectivity index (χ3n) is 3.74. The minimum atomic E-state index is -0.600. The Morgan fingerprint density at radius 2 is 2.15 bits per heavy atom. The van der Waals surface area contributed by atoms with Crippen LogP contribution < -0.4 is 5.32 Å². The summed E-state index contributed by atoms with van der Waals surface area (Å²) in [4.78, 5) is 25.5. The number of likely N-dealkylation sites (tertiary alicyclic amines) is 1. The quantitative estimate of drug-likeness (QED) is 0.861. The largest absolute Gasteiger partial charge is 0.373 e. The molecule has 2 rings (SSSR count). The van der Waals surface area contributed by atoms with Crippen molar-refractivity contribution in [2.45, 2.75) is 45.7 Å². The fourth-order valence-corrected chi connectivity index (χ4v) is 2.35. The second-order valence-corrected chi connectivity index (χ2v) is 5.22. The molecule has 0 bridgehead atoms. The van der Waals surface area contributed by atoms with Gasteiger partial charge in [-0.1, -0.05) is 13.0 Å². The van der Waals surface area contributed by atoms with Crippen LogP contribution in [0.25, 0.3) is 0 Å². The Morgan fingerprint density at radius 3 is 2.80 bits per heavy atom. The number of rotatable bonds is 4. The highest BCUT2D eigenvalue weighted by Gasteiger charge is 2.40. The van der Waals surface area contributed by atoms with E-state index in [9.17, 15) is 14.0 Å². The van der Waals surface area contributed by atoms with Gasteiger partial charge in [-0.15, -0.1) is 0 Å². The summed E-state index contributed by atoms with van der Waals surface area (Å²) >= 11 is 0. The molecule has 0 aliphatic carbocycles. The fraction of sp³-hybridized carbons (Fsp3) is 0.467. The van der Waals surface area contributed by atoms with Crippen LogP contribution in [0, 0.1) is 12.7 Å². The van der Waals surface area contributed by atoms with Crippen molar-refractivity contribution in [1.82, 2.24) is 4.90 Å². The van der Waals surface area contributed by atoms with Gasteiger partial charge in [0.15, 0.2) is 0 Å². The molecule has 1 heterocycles. The van der Waals surface area contributed by atoms with Crippen LogP contribution in [0.15, 0.2) is 18.2 Å². The van der Waals surface area contributed by atoms with Gasteiger partial charge in [0.25, 0.3) is 5.91 Å². The fourth-order valence-electron chi connectivity index (χ4n) is 2.35. The number of anilines is 1. The van der Waals surface area contributed by atoms with E-state index in [-0.39, 0.29) is 30.1 Å². The van der Waals surface area contributed by atoms with Crippen LogP contribution in [0.1, 0.15) is 32.3 Å². The van der Waals surface area contributed by atoms with Gasteiger partial charge in [0.2, 0.25) is 5.91 Å². The zero-order valence-corrected chi connectivity index (χ0v) is 11.9. The van der Waals surface area contributed by atoms with Crippen molar-refractivity contribution in [1.29, 1.82) is 0 Å². The monoisotopic (exact) mass is 278 g/mol. The molecule has 1 aromatic rings. The lowest BCUT2D eigenvalue weighted by atomic mass is 10.1. The molecule has 1 aromatic carbocycles. The van der Waals surface area contributed by atoms with Crippen molar-refractivity contribution >= 4 is 17.5 Å². The topological polar surface area (TPSA) is 49.4 Å². The van der Waals surface area contributed by atoms with Crippen LogP contribution in [0.4, 0.5) is 10.1 Å². The molecule has 5 heteroatoms. The van der Waals surface area contributed by atoms with E-state index in [1.54, 1.807) is 6.07 Å². The lowest BCUT2D eigenvalue weighted by molar-refractivity contribution is -0.140. The van der Waals surface area contributed by atoms with E-state index in [4.69, 9.17) is 0 Å². The number of hydrogen-bond acceptors (Lipinski definition) is 3. The highest BCUT2D eigenvalue weighted by atomic mass is 19.1. The lowest BCUT2D eigenvalue weighted by Crippen LogP contribution is -2.40. The van der Waals surface area contributed by atoms with E-state index < -0.39 is 6.04 Å². The Hall–Kier alpha value is -1.91. The van der Waals surface area contributed by atoms with Crippen molar-refractivity contribution in [3.8, 4) is 0 Å². The molecule has 0 aromatic heterocycles. The third kappa shape index (κ3) is 2.66. The third-order valence-corrected chi connectivity index (χ3v) is 3.74. The van der Waals surface area contributed by atoms with E-state index in [1.807, 2.05) is 20.8 Å². The molecule has 1 fully saturated rings. The average Bonchev–Trinajstić information content (AvgIpc) is 2.68. The highest BCUT2D eigenvalue weighted by molar-refractivity contribution is 6.07. The van der Waals surface area contributed by atoms with Crippen LogP contribution in [-0.4, -0.2) is 28.8 Å². The van der Waals surface area contributed by atoms with Gasteiger partial charge >= 0.3 is 0 Å². The number of nitrogens with zero attached hydrogens (tertiary/aromatic N) is 1. The highest BCUT2D eigenvalue weighted by Crippen LogP contribution is 2.23. The molecule has 1 aliphatic heterocycles. The Balaban J connectivity index is 2.17. The van der Waals surface area contributed by atoms with Crippen LogP contribution in [0.2, 0.25) is 0 Å². The van der Waals surface area contributed by atoms with Gasteiger partial charge in [0.05, 0.1) is 6.42 Å². The molecule has 20 heavy (non-hydrogen) atoms. The first-order valence-corrected chi connectivity index (χ1v) is 6.82. The van der Waals surface area contributed by atoms with Crippen molar-refractivity contribution in [3.05, 3.63) is 29.6 Å². The summed E-state index contributed by atoms with van der Waals surface area (Å²) in [5.41, 5.74) is 1.40. The van der Waals surface area contributed by atoms with E-state index in [0.717, 1.165) is 12.0 Å². The summed E-state index contributed by atoms with van der Waals surface area (Å²) in [5, 5.41) is 2.99. The molecule has 2 atom stereocenters. The maximum atomic E-state index is 13.3. The van der Waals surface area contributed by atoms with E-state index >= 15 is 0 Å². The Labute approximate surface area is 118 Å². The molecule has 2 unspecified atom stereocenters. The second-order valence-electron chi connectivity index (χ2n) is 5.22. The molecule has 0 spiro atoms. The first kappa shape index (κ1) is 14.5. The van der Waals surface area contributed by atoms with E-state index in [2.05, 4.69) is 5.32 Å². The number of hydrogen-bond donors (Lipinski definition) is 1. The van der Waals surface area contributed by atoms with Gasteiger partial charge in [0.1, 0.15) is 11.9 Å². The van der Waals surface area contributed by atoms with Crippen LogP contribution in [0.3, 0.4) is 0 Å². The second kappa shape index (κ2) is 5.61. The van der Waals surface area contributed by atoms with Crippen molar-refractivity contribution in [3.63, 3.8) is 0 Å². The zero-order chi connectivity index (χ0) is 14.9. The first-order chi connectivity index (χ1) is 9.43. The maximum Gasteiger partial charge on any atom is 0.252 e. The number of aryl methyl sites for hydroxylation is 1. The number of carbonyl (C=O) groups is 2. The minimum absolute atomic E-state index is 0.101. The summed E-state index contributed by atoms with van der Waals surface area (Å²) in [6.45, 7) is 5.61. The number of amides is 2. The minimum Gasteiger partial charge on any atom is -0.373 e. The van der Waals surface area contributed by atoms with Gasteiger partial charge in [0, 0.05) is 11.7 Å². The predicted molar refractivity (Wildman–Crippen MR) is 74.8 cm³/mol. The number of imide groups is 1. The van der Waals surface area contributed by atoms with E-state index in [1.165, 1.54) is 17.0 Å². The Bertz CT molecular complexity index is 545. The molecule has 1 N–H and O–H groups in total. The number of halogens is 1. The molecule has 108 valence electrons. The predicted octanol–water partition coefficient (Wildman–Crippen LogP) is 2.47. The number of carbonyl (C=O) groups excluding carboxylic acids is 2. The number of benzene rings is 1. The molecular weight excluding hydrogens is 259 g/mol. The molecule has 2 amide bonds. The molecular formula is C15H19FN2O2. The summed E-state index contributed by atoms with van der Waals surface area (Å²) in [6, 6.07) is 3.66. The lowest BCUT2D eigenvalue weighted by Gasteiger charge is -2.22. The van der Waals surface area contributed by atoms with Crippen LogP contribution in [-0.2, 0) is 9.59 Å². The Kier molecular flexibility index (Phi) is 4.06. The summed E-state index contributed by atoms with van der Waals surface area (Å²) < 4.78 is 13.3. The van der Waals surface area contributed by atoms with Gasteiger partial charge < -0.3 is 5.32 Å². The molecule has 0 radical (unpaired) electrons. The molecule has 1 aliphatic rings. The standard InChI is InChI=1S/C15H19FN2O2/c1-4-10(3)18-14(19)8-13(15(18)20)17-12-7-11(16)6-5-9(12)2/h5-7,10,13,17H,4,8H2,1-3H3. The molecule has 1 saturated heterocycles. The zero-order valence-electron chi connectivity index (χ0n) is 11.9. The van der Waals surface area contributed by atoms with Crippen LogP contribution in [0.5, 0.6) is 0 Å². The summed E-state index contributed by atoms with van der Waals surface area (Å²) in [7, 11) is 0. The van der Waals surface area contributed by atoms with Gasteiger partial charge in [-0.05, 0) is 38.0 Å². The van der Waals surface area contributed by atoms with Gasteiger partial charge in [-0.3, -0.25) is 14.5 Å². The van der Waals surface area contributed by atoms with Gasteiger partial charge in [-0.25, -0.2) is 4.39 Å². The van der Waals surface area contributed by atoms with Crippen molar-refractivity contribution in [2.75, 3.05) is 5.32 Å². The van der Waals surface area contributed by atoms with Crippen LogP contribution >= 0.6 is 0 Å². The van der Waals surface area contributed by atoms with Gasteiger partial charge in [-0.2, -0.15) is 0 Å². The summed E-state index contributed by atoms with van der Waals surface area (Å²) in [5.74, 6) is -0.766. The normalized spacial score (nSPS) is 20.4. The summed E-state index contributed by atoms with van der Waals surface area (Å²) in [6.07, 6.45) is 0.850. The maximum absolute atomic E-state index is 13.3. The Morgan fingerprint density at radius 1 is 1.45 bits per heavy atom. The smallest absolute Gasteiger partial charge is 0.252 e.